The van der Waals surface area contributed by atoms with Gasteiger partial charge in [0.1, 0.15) is 5.76 Å². The van der Waals surface area contributed by atoms with Gasteiger partial charge in [0.05, 0.1) is 11.4 Å². The second kappa shape index (κ2) is 8.54. The summed E-state index contributed by atoms with van der Waals surface area (Å²) in [6, 6.07) is 0.293. The Labute approximate surface area is 130 Å². The Morgan fingerprint density at radius 3 is 2.95 bits per heavy atom. The molecule has 7 heteroatoms. The average molecular weight is 320 g/mol. The van der Waals surface area contributed by atoms with Crippen LogP contribution < -0.4 is 10.6 Å². The van der Waals surface area contributed by atoms with Crippen molar-refractivity contribution in [3.63, 3.8) is 0 Å². The topological polar surface area (TPSA) is 67.2 Å². The fourth-order valence-corrected chi connectivity index (χ4v) is 3.19. The minimum Gasteiger partial charge on any atom is -0.361 e. The molecular formula is C13H22ClN3O2S. The minimum absolute atomic E-state index is 0. The summed E-state index contributed by atoms with van der Waals surface area (Å²) in [4.78, 5) is 11.8. The first-order valence-electron chi connectivity index (χ1n) is 6.66. The van der Waals surface area contributed by atoms with Gasteiger partial charge in [-0.2, -0.15) is 0 Å². The van der Waals surface area contributed by atoms with E-state index in [2.05, 4.69) is 15.8 Å². The SMILES string of the molecule is Cc1noc(C)c1CSCC(=O)N[C@H]1CCCNC1.Cl. The Bertz CT molecular complexity index is 414. The highest BCUT2D eigenvalue weighted by molar-refractivity contribution is 7.99. The third kappa shape index (κ3) is 5.00. The van der Waals surface area contributed by atoms with Crippen LogP contribution in [0.25, 0.3) is 0 Å². The average Bonchev–Trinajstić information content (AvgIpc) is 2.71. The number of rotatable bonds is 5. The van der Waals surface area contributed by atoms with Crippen molar-refractivity contribution in [3.05, 3.63) is 17.0 Å². The van der Waals surface area contributed by atoms with Crippen molar-refractivity contribution in [2.24, 2.45) is 0 Å². The summed E-state index contributed by atoms with van der Waals surface area (Å²) in [5.74, 6) is 2.23. The van der Waals surface area contributed by atoms with Crippen molar-refractivity contribution in [2.45, 2.75) is 38.5 Å². The summed E-state index contributed by atoms with van der Waals surface area (Å²) in [5.41, 5.74) is 2.03. The Hall–Kier alpha value is -0.720. The first-order valence-corrected chi connectivity index (χ1v) is 7.82. The molecule has 1 aromatic rings. The molecule has 1 saturated heterocycles. The number of nitrogens with zero attached hydrogens (tertiary/aromatic N) is 1. The number of hydrogen-bond donors (Lipinski definition) is 2. The second-order valence-electron chi connectivity index (χ2n) is 4.91. The largest absolute Gasteiger partial charge is 0.361 e. The van der Waals surface area contributed by atoms with E-state index in [0.29, 0.717) is 11.8 Å². The lowest BCUT2D eigenvalue weighted by atomic mass is 10.1. The maximum Gasteiger partial charge on any atom is 0.230 e. The number of aryl methyl sites for hydroxylation is 2. The first kappa shape index (κ1) is 17.3. The van der Waals surface area contributed by atoms with E-state index in [0.717, 1.165) is 48.7 Å². The summed E-state index contributed by atoms with van der Waals surface area (Å²) >= 11 is 1.60. The number of hydrogen-bond acceptors (Lipinski definition) is 5. The molecule has 1 amide bonds. The molecule has 0 unspecified atom stereocenters. The highest BCUT2D eigenvalue weighted by Crippen LogP contribution is 2.19. The highest BCUT2D eigenvalue weighted by atomic mass is 35.5. The maximum atomic E-state index is 11.8. The molecule has 1 aromatic heterocycles. The Balaban J connectivity index is 0.00000200. The summed E-state index contributed by atoms with van der Waals surface area (Å²) in [5, 5.41) is 10.3. The van der Waals surface area contributed by atoms with Gasteiger partial charge in [0, 0.05) is 23.9 Å². The Kier molecular flexibility index (Phi) is 7.40. The molecule has 0 radical (unpaired) electrons. The minimum atomic E-state index is 0. The maximum absolute atomic E-state index is 11.8. The summed E-state index contributed by atoms with van der Waals surface area (Å²) in [7, 11) is 0. The number of thioether (sulfide) groups is 1. The monoisotopic (exact) mass is 319 g/mol. The molecule has 1 fully saturated rings. The molecule has 2 heterocycles. The van der Waals surface area contributed by atoms with E-state index in [1.54, 1.807) is 11.8 Å². The molecule has 0 bridgehead atoms. The van der Waals surface area contributed by atoms with Crippen molar-refractivity contribution in [1.29, 1.82) is 0 Å². The predicted molar refractivity (Wildman–Crippen MR) is 83.4 cm³/mol. The van der Waals surface area contributed by atoms with Crippen molar-refractivity contribution in [3.8, 4) is 0 Å². The third-order valence-electron chi connectivity index (χ3n) is 3.32. The summed E-state index contributed by atoms with van der Waals surface area (Å²) in [6.45, 7) is 5.79. The van der Waals surface area contributed by atoms with Crippen LogP contribution in [0, 0.1) is 13.8 Å². The zero-order chi connectivity index (χ0) is 13.7. The standard InChI is InChI=1S/C13H21N3O2S.ClH/c1-9-12(10(2)18-16-9)7-19-8-13(17)15-11-4-3-5-14-6-11;/h11,14H,3-8H2,1-2H3,(H,15,17);1H/t11-;/m0./s1. The van der Waals surface area contributed by atoms with Crippen LogP contribution in [0.4, 0.5) is 0 Å². The van der Waals surface area contributed by atoms with Gasteiger partial charge in [-0.25, -0.2) is 0 Å². The molecule has 0 saturated carbocycles. The molecule has 5 nitrogen and oxygen atoms in total. The van der Waals surface area contributed by atoms with E-state index in [4.69, 9.17) is 4.52 Å². The number of carbonyl (C=O) groups is 1. The lowest BCUT2D eigenvalue weighted by Crippen LogP contribution is -2.46. The molecule has 2 rings (SSSR count). The lowest BCUT2D eigenvalue weighted by molar-refractivity contribution is -0.119. The van der Waals surface area contributed by atoms with E-state index < -0.39 is 0 Å². The molecule has 1 aliphatic rings. The van der Waals surface area contributed by atoms with Gasteiger partial charge < -0.3 is 15.2 Å². The van der Waals surface area contributed by atoms with Gasteiger partial charge >= 0.3 is 0 Å². The van der Waals surface area contributed by atoms with Gasteiger partial charge in [-0.3, -0.25) is 4.79 Å². The zero-order valence-corrected chi connectivity index (χ0v) is 13.5. The molecule has 0 spiro atoms. The molecule has 20 heavy (non-hydrogen) atoms. The third-order valence-corrected chi connectivity index (χ3v) is 4.28. The van der Waals surface area contributed by atoms with E-state index in [9.17, 15) is 4.79 Å². The fraction of sp³-hybridized carbons (Fsp3) is 0.692. The summed E-state index contributed by atoms with van der Waals surface area (Å²) < 4.78 is 5.10. The smallest absolute Gasteiger partial charge is 0.230 e. The van der Waals surface area contributed by atoms with E-state index in [1.807, 2.05) is 13.8 Å². The lowest BCUT2D eigenvalue weighted by Gasteiger charge is -2.23. The second-order valence-corrected chi connectivity index (χ2v) is 5.89. The summed E-state index contributed by atoms with van der Waals surface area (Å²) in [6.07, 6.45) is 2.21. The van der Waals surface area contributed by atoms with Crippen LogP contribution in [-0.4, -0.2) is 35.9 Å². The molecule has 1 atom stereocenters. The number of nitrogens with one attached hydrogen (secondary N) is 2. The molecule has 2 N–H and O–H groups in total. The number of aromatic nitrogens is 1. The molecule has 114 valence electrons. The Morgan fingerprint density at radius 2 is 2.35 bits per heavy atom. The highest BCUT2D eigenvalue weighted by Gasteiger charge is 2.15. The van der Waals surface area contributed by atoms with Crippen LogP contribution in [0.1, 0.15) is 29.9 Å². The van der Waals surface area contributed by atoms with E-state index in [1.165, 1.54) is 0 Å². The van der Waals surface area contributed by atoms with Crippen LogP contribution in [0.3, 0.4) is 0 Å². The molecule has 1 aliphatic heterocycles. The van der Waals surface area contributed by atoms with Gasteiger partial charge in [-0.1, -0.05) is 5.16 Å². The van der Waals surface area contributed by atoms with Crippen LogP contribution in [0.2, 0.25) is 0 Å². The zero-order valence-electron chi connectivity index (χ0n) is 11.9. The van der Waals surface area contributed by atoms with Gasteiger partial charge in [0.2, 0.25) is 5.91 Å². The normalized spacial score (nSPS) is 18.4. The van der Waals surface area contributed by atoms with Gasteiger partial charge in [0.25, 0.3) is 0 Å². The number of piperidine rings is 1. The van der Waals surface area contributed by atoms with Gasteiger partial charge in [0.15, 0.2) is 0 Å². The van der Waals surface area contributed by atoms with Crippen molar-refractivity contribution in [1.82, 2.24) is 15.8 Å². The van der Waals surface area contributed by atoms with E-state index >= 15 is 0 Å². The van der Waals surface area contributed by atoms with Gasteiger partial charge in [-0.05, 0) is 33.2 Å². The van der Waals surface area contributed by atoms with Crippen LogP contribution in [0.15, 0.2) is 4.52 Å². The molecule has 0 aromatic carbocycles. The van der Waals surface area contributed by atoms with E-state index in [-0.39, 0.29) is 18.3 Å². The van der Waals surface area contributed by atoms with Gasteiger partial charge in [-0.15, -0.1) is 24.2 Å². The van der Waals surface area contributed by atoms with Crippen LogP contribution in [-0.2, 0) is 10.5 Å². The van der Waals surface area contributed by atoms with Crippen molar-refractivity contribution >= 4 is 30.1 Å². The fourth-order valence-electron chi connectivity index (χ4n) is 2.20. The van der Waals surface area contributed by atoms with Crippen molar-refractivity contribution in [2.75, 3.05) is 18.8 Å². The number of halogens is 1. The quantitative estimate of drug-likeness (QED) is 0.866. The molecular weight excluding hydrogens is 298 g/mol. The van der Waals surface area contributed by atoms with Crippen molar-refractivity contribution < 1.29 is 9.32 Å². The first-order chi connectivity index (χ1) is 9.16. The number of carbonyl (C=O) groups excluding carboxylic acids is 1. The Morgan fingerprint density at radius 1 is 1.55 bits per heavy atom. The van der Waals surface area contributed by atoms with Crippen LogP contribution >= 0.6 is 24.2 Å². The molecule has 0 aliphatic carbocycles. The number of amides is 1. The van der Waals surface area contributed by atoms with Crippen LogP contribution in [0.5, 0.6) is 0 Å². The predicted octanol–water partition coefficient (Wildman–Crippen LogP) is 1.81.